The van der Waals surface area contributed by atoms with Gasteiger partial charge in [-0.25, -0.2) is 4.68 Å². The molecule has 3 nitrogen and oxygen atoms in total. The molecule has 17 heavy (non-hydrogen) atoms. The van der Waals surface area contributed by atoms with E-state index in [-0.39, 0.29) is 4.83 Å². The van der Waals surface area contributed by atoms with Crippen molar-refractivity contribution < 1.29 is 0 Å². The molecule has 0 radical (unpaired) electrons. The van der Waals surface area contributed by atoms with Crippen molar-refractivity contribution in [2.45, 2.75) is 11.8 Å². The van der Waals surface area contributed by atoms with Gasteiger partial charge in [0.15, 0.2) is 0 Å². The van der Waals surface area contributed by atoms with Gasteiger partial charge in [-0.15, -0.1) is 5.10 Å². The summed E-state index contributed by atoms with van der Waals surface area (Å²) < 4.78 is 4.62. The van der Waals surface area contributed by atoms with Crippen LogP contribution < -0.4 is 0 Å². The molecule has 0 bridgehead atoms. The highest BCUT2D eigenvalue weighted by molar-refractivity contribution is 9.11. The highest BCUT2D eigenvalue weighted by Gasteiger charge is 2.13. The van der Waals surface area contributed by atoms with Gasteiger partial charge in [0.2, 0.25) is 0 Å². The first-order chi connectivity index (χ1) is 7.99. The molecule has 0 N–H and O–H groups in total. The number of aromatic nitrogens is 3. The van der Waals surface area contributed by atoms with Crippen LogP contribution in [0.25, 0.3) is 5.69 Å². The molecule has 0 aliphatic carbocycles. The van der Waals surface area contributed by atoms with Crippen molar-refractivity contribution in [1.29, 1.82) is 0 Å². The van der Waals surface area contributed by atoms with Gasteiger partial charge in [-0.3, -0.25) is 0 Å². The summed E-state index contributed by atoms with van der Waals surface area (Å²) in [5.74, 6) is 0. The van der Waals surface area contributed by atoms with Gasteiger partial charge in [-0.1, -0.05) is 37.1 Å². The lowest BCUT2D eigenvalue weighted by Gasteiger charge is -2.07. The summed E-state index contributed by atoms with van der Waals surface area (Å²) in [6.07, 6.45) is 1.90. The van der Waals surface area contributed by atoms with Gasteiger partial charge in [-0.2, -0.15) is 0 Å². The summed E-state index contributed by atoms with van der Waals surface area (Å²) in [6.45, 7) is 2.01. The number of halogens is 4. The molecular weight excluding hydrogens is 482 g/mol. The average molecular weight is 489 g/mol. The van der Waals surface area contributed by atoms with Gasteiger partial charge < -0.3 is 0 Å². The van der Waals surface area contributed by atoms with Gasteiger partial charge in [-0.05, 0) is 50.9 Å². The Morgan fingerprint density at radius 2 is 1.76 bits per heavy atom. The molecule has 0 amide bonds. The second-order valence-electron chi connectivity index (χ2n) is 3.42. The molecule has 0 aliphatic heterocycles. The molecule has 1 heterocycles. The van der Waals surface area contributed by atoms with Crippen LogP contribution in [0, 0.1) is 0 Å². The minimum Gasteiger partial charge on any atom is -0.218 e. The summed E-state index contributed by atoms with van der Waals surface area (Å²) in [4.78, 5) is 0.184. The Labute approximate surface area is 132 Å². The van der Waals surface area contributed by atoms with Crippen molar-refractivity contribution in [3.05, 3.63) is 37.4 Å². The Bertz CT molecular complexity index is 527. The van der Waals surface area contributed by atoms with E-state index in [9.17, 15) is 0 Å². The van der Waals surface area contributed by atoms with E-state index in [0.29, 0.717) is 0 Å². The number of nitrogens with zero attached hydrogens (tertiary/aromatic N) is 3. The van der Waals surface area contributed by atoms with E-state index in [1.54, 1.807) is 4.68 Å². The average Bonchev–Trinajstić information content (AvgIpc) is 2.65. The fourth-order valence-corrected chi connectivity index (χ4v) is 4.15. The lowest BCUT2D eigenvalue weighted by molar-refractivity contribution is 0.792. The van der Waals surface area contributed by atoms with Gasteiger partial charge in [0.25, 0.3) is 0 Å². The highest BCUT2D eigenvalue weighted by atomic mass is 79.9. The molecule has 7 heteroatoms. The number of hydrogen-bond acceptors (Lipinski definition) is 2. The van der Waals surface area contributed by atoms with Gasteiger partial charge >= 0.3 is 0 Å². The third-order valence-corrected chi connectivity index (χ3v) is 4.27. The fraction of sp³-hybridized carbons (Fsp3) is 0.200. The lowest BCUT2D eigenvalue weighted by atomic mass is 10.3. The van der Waals surface area contributed by atoms with Crippen LogP contribution >= 0.6 is 63.7 Å². The summed E-state index contributed by atoms with van der Waals surface area (Å²) >= 11 is 13.9. The van der Waals surface area contributed by atoms with Gasteiger partial charge in [0, 0.05) is 13.4 Å². The predicted molar refractivity (Wildman–Crippen MR) is 81.8 cm³/mol. The zero-order valence-electron chi connectivity index (χ0n) is 8.66. The molecule has 0 spiro atoms. The monoisotopic (exact) mass is 485 g/mol. The number of alkyl halides is 1. The highest BCUT2D eigenvalue weighted by Crippen LogP contribution is 2.33. The normalized spacial score (nSPS) is 12.8. The van der Waals surface area contributed by atoms with E-state index in [4.69, 9.17) is 0 Å². The molecule has 0 saturated carbocycles. The van der Waals surface area contributed by atoms with Gasteiger partial charge in [0.1, 0.15) is 0 Å². The van der Waals surface area contributed by atoms with Crippen LogP contribution in [-0.4, -0.2) is 15.0 Å². The maximum absolute atomic E-state index is 4.12. The van der Waals surface area contributed by atoms with E-state index < -0.39 is 0 Å². The zero-order chi connectivity index (χ0) is 12.6. The summed E-state index contributed by atoms with van der Waals surface area (Å²) in [7, 11) is 0. The van der Waals surface area contributed by atoms with E-state index in [1.807, 2.05) is 25.3 Å². The third kappa shape index (κ3) is 3.00. The quantitative estimate of drug-likeness (QED) is 0.556. The fourth-order valence-electron chi connectivity index (χ4n) is 1.32. The van der Waals surface area contributed by atoms with Crippen molar-refractivity contribution in [1.82, 2.24) is 15.0 Å². The first-order valence-corrected chi connectivity index (χ1v) is 7.99. The second kappa shape index (κ2) is 5.50. The number of rotatable bonds is 2. The zero-order valence-corrected chi connectivity index (χ0v) is 15.0. The van der Waals surface area contributed by atoms with Crippen LogP contribution in [0.2, 0.25) is 0 Å². The van der Waals surface area contributed by atoms with Crippen molar-refractivity contribution in [2.75, 3.05) is 0 Å². The summed E-state index contributed by atoms with van der Waals surface area (Å²) in [6, 6.07) is 3.94. The lowest BCUT2D eigenvalue weighted by Crippen LogP contribution is -1.97. The molecule has 0 saturated heterocycles. The number of benzene rings is 1. The minimum atomic E-state index is 0.184. The van der Waals surface area contributed by atoms with E-state index in [1.165, 1.54) is 0 Å². The van der Waals surface area contributed by atoms with Gasteiger partial charge in [0.05, 0.1) is 22.4 Å². The van der Waals surface area contributed by atoms with Crippen LogP contribution in [0.1, 0.15) is 17.4 Å². The first-order valence-electron chi connectivity index (χ1n) is 4.70. The molecular formula is C10H7Br4N3. The van der Waals surface area contributed by atoms with Crippen LogP contribution in [0.15, 0.2) is 31.7 Å². The van der Waals surface area contributed by atoms with Crippen LogP contribution in [0.5, 0.6) is 0 Å². The van der Waals surface area contributed by atoms with E-state index in [2.05, 4.69) is 74.0 Å². The first kappa shape index (κ1) is 13.7. The Morgan fingerprint density at radius 1 is 1.18 bits per heavy atom. The molecule has 1 unspecified atom stereocenters. The third-order valence-electron chi connectivity index (χ3n) is 2.13. The molecule has 2 aromatic rings. The topological polar surface area (TPSA) is 30.7 Å². The van der Waals surface area contributed by atoms with Crippen molar-refractivity contribution in [3.63, 3.8) is 0 Å². The van der Waals surface area contributed by atoms with E-state index >= 15 is 0 Å². The maximum Gasteiger partial charge on any atom is 0.0965 e. The Kier molecular flexibility index (Phi) is 4.44. The Morgan fingerprint density at radius 3 is 2.24 bits per heavy atom. The molecule has 0 aliphatic rings. The van der Waals surface area contributed by atoms with Crippen molar-refractivity contribution >= 4 is 63.7 Å². The molecule has 1 aromatic carbocycles. The second-order valence-corrected chi connectivity index (χ2v) is 7.42. The Balaban J connectivity index is 2.52. The van der Waals surface area contributed by atoms with Crippen molar-refractivity contribution in [3.8, 4) is 5.69 Å². The SMILES string of the molecule is CC(Br)c1cn(-c2c(Br)cc(Br)cc2Br)nn1. The molecule has 0 fully saturated rings. The minimum absolute atomic E-state index is 0.184. The largest absolute Gasteiger partial charge is 0.218 e. The summed E-state index contributed by atoms with van der Waals surface area (Å²) in [5.41, 5.74) is 1.83. The standard InChI is InChI=1S/C10H7Br4N3/c1-5(11)9-4-17(16-15-9)10-7(13)2-6(12)3-8(10)14/h2-5H,1H3. The van der Waals surface area contributed by atoms with E-state index in [0.717, 1.165) is 24.8 Å². The van der Waals surface area contributed by atoms with Crippen LogP contribution in [0.3, 0.4) is 0 Å². The van der Waals surface area contributed by atoms with Crippen molar-refractivity contribution in [2.24, 2.45) is 0 Å². The predicted octanol–water partition coefficient (Wildman–Crippen LogP) is 5.01. The smallest absolute Gasteiger partial charge is 0.0965 e. The Hall–Kier alpha value is 0.280. The number of hydrogen-bond donors (Lipinski definition) is 0. The maximum atomic E-state index is 4.12. The van der Waals surface area contributed by atoms with Crippen LogP contribution in [-0.2, 0) is 0 Å². The molecule has 90 valence electrons. The van der Waals surface area contributed by atoms with Crippen LogP contribution in [0.4, 0.5) is 0 Å². The molecule has 1 aromatic heterocycles. The molecule has 1 atom stereocenters. The summed E-state index contributed by atoms with van der Waals surface area (Å²) in [5, 5.41) is 8.23. The molecule has 2 rings (SSSR count).